The van der Waals surface area contributed by atoms with E-state index in [0.717, 1.165) is 6.20 Å². The summed E-state index contributed by atoms with van der Waals surface area (Å²) in [4.78, 5) is 15.1. The number of carboxylic acids is 1. The topological polar surface area (TPSA) is 100 Å². The summed E-state index contributed by atoms with van der Waals surface area (Å²) in [5.41, 5.74) is 0.132. The molecule has 7 nitrogen and oxygen atoms in total. The summed E-state index contributed by atoms with van der Waals surface area (Å²) in [5.74, 6) is -4.65. The summed E-state index contributed by atoms with van der Waals surface area (Å²) in [7, 11) is 1.60. The molecule has 0 fully saturated rings. The van der Waals surface area contributed by atoms with Crippen molar-refractivity contribution >= 4 is 22.7 Å². The van der Waals surface area contributed by atoms with Crippen molar-refractivity contribution in [3.63, 3.8) is 0 Å². The third-order valence-electron chi connectivity index (χ3n) is 2.75. The normalized spacial score (nSPS) is 11.8. The standard InChI is InChI=1S/C11H12F2N4O3/c1-17-9-6(3-16-17)8(7(2-14-9)10(19)20)15-4-11(12,13)5-18/h2-3,18H,4-5H2,1H3,(H,14,15)(H,19,20). The Morgan fingerprint density at radius 3 is 2.80 bits per heavy atom. The van der Waals surface area contributed by atoms with Crippen LogP contribution >= 0.6 is 0 Å². The molecule has 0 bridgehead atoms. The van der Waals surface area contributed by atoms with Gasteiger partial charge >= 0.3 is 5.97 Å². The molecule has 2 aromatic rings. The van der Waals surface area contributed by atoms with Gasteiger partial charge in [-0.15, -0.1) is 0 Å². The molecule has 0 aliphatic carbocycles. The number of hydrogen-bond donors (Lipinski definition) is 3. The first-order valence-corrected chi connectivity index (χ1v) is 5.62. The Morgan fingerprint density at radius 2 is 2.20 bits per heavy atom. The maximum Gasteiger partial charge on any atom is 0.339 e. The highest BCUT2D eigenvalue weighted by molar-refractivity contribution is 6.03. The highest BCUT2D eigenvalue weighted by Crippen LogP contribution is 2.26. The number of anilines is 1. The van der Waals surface area contributed by atoms with Crippen LogP contribution in [0.25, 0.3) is 11.0 Å². The lowest BCUT2D eigenvalue weighted by atomic mass is 10.1. The van der Waals surface area contributed by atoms with E-state index in [9.17, 15) is 13.6 Å². The third-order valence-corrected chi connectivity index (χ3v) is 2.75. The molecule has 0 atom stereocenters. The van der Waals surface area contributed by atoms with Gasteiger partial charge in [0, 0.05) is 13.2 Å². The van der Waals surface area contributed by atoms with E-state index in [-0.39, 0.29) is 11.3 Å². The van der Waals surface area contributed by atoms with E-state index in [4.69, 9.17) is 10.2 Å². The van der Waals surface area contributed by atoms with E-state index in [0.29, 0.717) is 11.0 Å². The fourth-order valence-corrected chi connectivity index (χ4v) is 1.72. The minimum Gasteiger partial charge on any atom is -0.478 e. The van der Waals surface area contributed by atoms with Crippen LogP contribution in [0, 0.1) is 0 Å². The van der Waals surface area contributed by atoms with Gasteiger partial charge in [0.15, 0.2) is 5.65 Å². The number of alkyl halides is 2. The van der Waals surface area contributed by atoms with Crippen molar-refractivity contribution in [2.75, 3.05) is 18.5 Å². The number of aliphatic hydroxyl groups is 1. The second-order valence-electron chi connectivity index (χ2n) is 4.23. The Balaban J connectivity index is 2.47. The number of fused-ring (bicyclic) bond motifs is 1. The van der Waals surface area contributed by atoms with Gasteiger partial charge in [-0.05, 0) is 0 Å². The summed E-state index contributed by atoms with van der Waals surface area (Å²) in [5, 5.41) is 24.2. The molecule has 2 aromatic heterocycles. The molecular weight excluding hydrogens is 274 g/mol. The number of hydrogen-bond acceptors (Lipinski definition) is 5. The lowest BCUT2D eigenvalue weighted by Crippen LogP contribution is -2.31. The van der Waals surface area contributed by atoms with Crippen LogP contribution in [-0.2, 0) is 7.05 Å². The molecule has 0 spiro atoms. The van der Waals surface area contributed by atoms with Gasteiger partial charge < -0.3 is 15.5 Å². The van der Waals surface area contributed by atoms with E-state index in [1.807, 2.05) is 0 Å². The number of nitrogens with one attached hydrogen (secondary N) is 1. The molecule has 0 unspecified atom stereocenters. The van der Waals surface area contributed by atoms with Gasteiger partial charge in [-0.1, -0.05) is 0 Å². The third kappa shape index (κ3) is 2.52. The monoisotopic (exact) mass is 286 g/mol. The van der Waals surface area contributed by atoms with E-state index in [1.165, 1.54) is 10.9 Å². The van der Waals surface area contributed by atoms with Crippen molar-refractivity contribution < 1.29 is 23.8 Å². The average molecular weight is 286 g/mol. The van der Waals surface area contributed by atoms with Crippen molar-refractivity contribution in [2.45, 2.75) is 5.92 Å². The molecule has 20 heavy (non-hydrogen) atoms. The fourth-order valence-electron chi connectivity index (χ4n) is 1.72. The Kier molecular flexibility index (Phi) is 3.53. The minimum atomic E-state index is -3.35. The Hall–Kier alpha value is -2.29. The van der Waals surface area contributed by atoms with Crippen LogP contribution in [0.15, 0.2) is 12.4 Å². The quantitative estimate of drug-likeness (QED) is 0.748. The van der Waals surface area contributed by atoms with Crippen LogP contribution in [0.5, 0.6) is 0 Å². The molecule has 108 valence electrons. The molecule has 0 amide bonds. The molecule has 0 aliphatic rings. The highest BCUT2D eigenvalue weighted by Gasteiger charge is 2.28. The van der Waals surface area contributed by atoms with E-state index in [1.54, 1.807) is 7.05 Å². The Labute approximate surface area is 111 Å². The molecule has 9 heteroatoms. The molecule has 0 radical (unpaired) electrons. The van der Waals surface area contributed by atoms with Crippen LogP contribution in [0.3, 0.4) is 0 Å². The lowest BCUT2D eigenvalue weighted by molar-refractivity contribution is -0.0372. The summed E-state index contributed by atoms with van der Waals surface area (Å²) < 4.78 is 27.6. The van der Waals surface area contributed by atoms with Crippen molar-refractivity contribution in [3.8, 4) is 0 Å². The smallest absolute Gasteiger partial charge is 0.339 e. The number of aliphatic hydroxyl groups excluding tert-OH is 1. The van der Waals surface area contributed by atoms with Gasteiger partial charge in [0.1, 0.15) is 12.2 Å². The minimum absolute atomic E-state index is 0.00345. The number of pyridine rings is 1. The van der Waals surface area contributed by atoms with Crippen molar-refractivity contribution in [3.05, 3.63) is 18.0 Å². The molecule has 3 N–H and O–H groups in total. The van der Waals surface area contributed by atoms with Crippen LogP contribution in [0.1, 0.15) is 10.4 Å². The van der Waals surface area contributed by atoms with Crippen molar-refractivity contribution in [1.29, 1.82) is 0 Å². The summed E-state index contributed by atoms with van der Waals surface area (Å²) >= 11 is 0. The molecular formula is C11H12F2N4O3. The largest absolute Gasteiger partial charge is 0.478 e. The Bertz CT molecular complexity index is 656. The molecule has 0 aromatic carbocycles. The van der Waals surface area contributed by atoms with Gasteiger partial charge in [-0.25, -0.2) is 18.6 Å². The molecule has 0 saturated carbocycles. The second-order valence-corrected chi connectivity index (χ2v) is 4.23. The van der Waals surface area contributed by atoms with Gasteiger partial charge in [0.25, 0.3) is 5.92 Å². The van der Waals surface area contributed by atoms with E-state index >= 15 is 0 Å². The summed E-state index contributed by atoms with van der Waals surface area (Å²) in [6, 6.07) is 0. The zero-order valence-corrected chi connectivity index (χ0v) is 10.5. The number of halogens is 2. The number of carbonyl (C=O) groups is 1. The first-order chi connectivity index (χ1) is 9.35. The van der Waals surface area contributed by atoms with Crippen molar-refractivity contribution in [1.82, 2.24) is 14.8 Å². The van der Waals surface area contributed by atoms with Crippen molar-refractivity contribution in [2.24, 2.45) is 7.05 Å². The number of carboxylic acid groups (broad SMARTS) is 1. The lowest BCUT2D eigenvalue weighted by Gasteiger charge is -2.16. The molecule has 0 saturated heterocycles. The predicted octanol–water partition coefficient (Wildman–Crippen LogP) is 0.706. The summed E-state index contributed by atoms with van der Waals surface area (Å²) in [6.07, 6.45) is 2.42. The number of nitrogens with zero attached hydrogens (tertiary/aromatic N) is 3. The fraction of sp³-hybridized carbons (Fsp3) is 0.364. The molecule has 0 aliphatic heterocycles. The number of aromatic carboxylic acids is 1. The van der Waals surface area contributed by atoms with Crippen LogP contribution < -0.4 is 5.32 Å². The summed E-state index contributed by atoms with van der Waals surface area (Å²) in [6.45, 7) is -2.22. The number of aromatic nitrogens is 3. The number of aryl methyl sites for hydroxylation is 1. The predicted molar refractivity (Wildman–Crippen MR) is 66.0 cm³/mol. The van der Waals surface area contributed by atoms with E-state index < -0.39 is 25.0 Å². The second kappa shape index (κ2) is 5.00. The SMILES string of the molecule is Cn1ncc2c(NCC(F)(F)CO)c(C(=O)O)cnc21. The average Bonchev–Trinajstić information content (AvgIpc) is 2.78. The highest BCUT2D eigenvalue weighted by atomic mass is 19.3. The zero-order chi connectivity index (χ0) is 14.9. The maximum atomic E-state index is 13.1. The molecule has 2 heterocycles. The van der Waals surface area contributed by atoms with Gasteiger partial charge in [0.2, 0.25) is 0 Å². The van der Waals surface area contributed by atoms with Crippen LogP contribution in [0.2, 0.25) is 0 Å². The van der Waals surface area contributed by atoms with Gasteiger partial charge in [-0.2, -0.15) is 5.10 Å². The first-order valence-electron chi connectivity index (χ1n) is 5.62. The van der Waals surface area contributed by atoms with Crippen LogP contribution in [-0.4, -0.2) is 50.0 Å². The zero-order valence-electron chi connectivity index (χ0n) is 10.5. The van der Waals surface area contributed by atoms with E-state index in [2.05, 4.69) is 15.4 Å². The maximum absolute atomic E-state index is 13.1. The first kappa shape index (κ1) is 14.1. The Morgan fingerprint density at radius 1 is 1.50 bits per heavy atom. The molecule has 2 rings (SSSR count). The van der Waals surface area contributed by atoms with Gasteiger partial charge in [0.05, 0.1) is 23.8 Å². The van der Waals surface area contributed by atoms with Gasteiger partial charge in [-0.3, -0.25) is 4.68 Å². The number of rotatable bonds is 5. The van der Waals surface area contributed by atoms with Crippen LogP contribution in [0.4, 0.5) is 14.5 Å².